The summed E-state index contributed by atoms with van der Waals surface area (Å²) in [6, 6.07) is 6.64. The van der Waals surface area contributed by atoms with Crippen LogP contribution in [0.3, 0.4) is 0 Å². The number of carboxylic acids is 1. The normalized spacial score (nSPS) is 12.1. The molecule has 0 spiro atoms. The number of anilines is 1. The lowest BCUT2D eigenvalue weighted by Gasteiger charge is -2.12. The molecule has 1 amide bonds. The predicted molar refractivity (Wildman–Crippen MR) is 103 cm³/mol. The number of aromatic carboxylic acids is 1. The van der Waals surface area contributed by atoms with E-state index in [1.54, 1.807) is 31.3 Å². The fraction of sp³-hybridized carbons (Fsp3) is 0.300. The van der Waals surface area contributed by atoms with Gasteiger partial charge in [-0.05, 0) is 57.0 Å². The maximum atomic E-state index is 12.9. The van der Waals surface area contributed by atoms with E-state index in [0.29, 0.717) is 27.8 Å². The van der Waals surface area contributed by atoms with Gasteiger partial charge in [0.25, 0.3) is 5.91 Å². The second-order valence-electron chi connectivity index (χ2n) is 6.68. The second kappa shape index (κ2) is 7.19. The van der Waals surface area contributed by atoms with E-state index in [1.165, 1.54) is 6.07 Å². The Hall–Kier alpha value is -3.22. The number of amides is 1. The number of aryl methyl sites for hydroxylation is 2. The summed E-state index contributed by atoms with van der Waals surface area (Å²) < 4.78 is 1.84. The fourth-order valence-electron chi connectivity index (χ4n) is 3.01. The summed E-state index contributed by atoms with van der Waals surface area (Å²) in [7, 11) is 0. The van der Waals surface area contributed by atoms with Crippen molar-refractivity contribution in [3.8, 4) is 0 Å². The molecule has 1 aromatic carbocycles. The molecule has 140 valence electrons. The van der Waals surface area contributed by atoms with E-state index < -0.39 is 5.97 Å². The zero-order valence-corrected chi connectivity index (χ0v) is 15.8. The minimum Gasteiger partial charge on any atom is -0.478 e. The zero-order chi connectivity index (χ0) is 19.7. The monoisotopic (exact) mass is 366 g/mol. The molecule has 0 aliphatic heterocycles. The molecular weight excluding hydrogens is 344 g/mol. The fourth-order valence-corrected chi connectivity index (χ4v) is 3.01. The Kier molecular flexibility index (Phi) is 4.94. The van der Waals surface area contributed by atoms with E-state index in [4.69, 9.17) is 5.11 Å². The molecule has 7 heteroatoms. The smallest absolute Gasteiger partial charge is 0.335 e. The molecule has 0 saturated carbocycles. The van der Waals surface area contributed by atoms with E-state index in [1.807, 2.05) is 11.6 Å². The molecule has 2 heterocycles. The van der Waals surface area contributed by atoms with Gasteiger partial charge < -0.3 is 10.4 Å². The van der Waals surface area contributed by atoms with Crippen LogP contribution in [-0.2, 0) is 0 Å². The molecule has 1 atom stereocenters. The number of fused-ring (bicyclic) bond motifs is 1. The Morgan fingerprint density at radius 2 is 1.96 bits per heavy atom. The van der Waals surface area contributed by atoms with Crippen molar-refractivity contribution in [2.75, 3.05) is 5.32 Å². The Labute approximate surface area is 157 Å². The van der Waals surface area contributed by atoms with E-state index in [9.17, 15) is 9.59 Å². The van der Waals surface area contributed by atoms with Crippen LogP contribution in [0, 0.1) is 13.8 Å². The first-order valence-electron chi connectivity index (χ1n) is 8.82. The third-order valence-electron chi connectivity index (χ3n) is 4.66. The van der Waals surface area contributed by atoms with E-state index in [2.05, 4.69) is 29.2 Å². The molecule has 2 N–H and O–H groups in total. The molecule has 0 fully saturated rings. The van der Waals surface area contributed by atoms with E-state index in [0.717, 1.165) is 12.1 Å². The number of hydrogen-bond donors (Lipinski definition) is 2. The van der Waals surface area contributed by atoms with Gasteiger partial charge in [0, 0.05) is 11.4 Å². The van der Waals surface area contributed by atoms with Crippen molar-refractivity contribution in [2.45, 2.75) is 40.2 Å². The molecule has 0 radical (unpaired) electrons. The van der Waals surface area contributed by atoms with Gasteiger partial charge in [-0.1, -0.05) is 6.92 Å². The number of rotatable bonds is 5. The van der Waals surface area contributed by atoms with Crippen molar-refractivity contribution in [3.05, 3.63) is 52.8 Å². The number of hydrogen-bond acceptors (Lipinski definition) is 4. The number of carboxylic acid groups (broad SMARTS) is 1. The molecule has 7 nitrogen and oxygen atoms in total. The summed E-state index contributed by atoms with van der Waals surface area (Å²) in [6.45, 7) is 7.67. The third kappa shape index (κ3) is 3.53. The average Bonchev–Trinajstić information content (AvgIpc) is 3.03. The van der Waals surface area contributed by atoms with Crippen LogP contribution in [0.4, 0.5) is 5.69 Å². The standard InChI is InChI=1S/C20H22N4O3/c1-5-13(4)24-18-17(10-21-24)16(9-12(3)22-18)19(25)23-14-6-7-15(20(26)27)11(2)8-14/h6-10,13H,5H2,1-4H3,(H,23,25)(H,26,27). The molecule has 0 bridgehead atoms. The minimum absolute atomic E-state index is 0.180. The number of carbonyl (C=O) groups is 2. The lowest BCUT2D eigenvalue weighted by Crippen LogP contribution is -2.14. The SMILES string of the molecule is CCC(C)n1ncc2c(C(=O)Nc3ccc(C(=O)O)c(C)c3)cc(C)nc21. The summed E-state index contributed by atoms with van der Waals surface area (Å²) in [5, 5.41) is 17.1. The highest BCUT2D eigenvalue weighted by Crippen LogP contribution is 2.24. The maximum Gasteiger partial charge on any atom is 0.335 e. The molecule has 3 aromatic rings. The summed E-state index contributed by atoms with van der Waals surface area (Å²) >= 11 is 0. The Morgan fingerprint density at radius 3 is 2.59 bits per heavy atom. The van der Waals surface area contributed by atoms with E-state index in [-0.39, 0.29) is 17.5 Å². The van der Waals surface area contributed by atoms with Gasteiger partial charge in [0.2, 0.25) is 0 Å². The van der Waals surface area contributed by atoms with Crippen LogP contribution in [0.2, 0.25) is 0 Å². The number of nitrogens with zero attached hydrogens (tertiary/aromatic N) is 3. The van der Waals surface area contributed by atoms with Gasteiger partial charge in [-0.3, -0.25) is 4.79 Å². The first-order valence-corrected chi connectivity index (χ1v) is 8.82. The highest BCUT2D eigenvalue weighted by Gasteiger charge is 2.18. The topological polar surface area (TPSA) is 97.1 Å². The van der Waals surface area contributed by atoms with Gasteiger partial charge in [0.05, 0.1) is 28.8 Å². The van der Waals surface area contributed by atoms with Gasteiger partial charge in [-0.25, -0.2) is 14.5 Å². The zero-order valence-electron chi connectivity index (χ0n) is 15.8. The second-order valence-corrected chi connectivity index (χ2v) is 6.68. The first kappa shape index (κ1) is 18.6. The van der Waals surface area contributed by atoms with Gasteiger partial charge >= 0.3 is 5.97 Å². The number of aromatic nitrogens is 3. The van der Waals surface area contributed by atoms with Crippen LogP contribution in [0.1, 0.15) is 58.3 Å². The molecule has 2 aromatic heterocycles. The molecule has 27 heavy (non-hydrogen) atoms. The number of nitrogens with one attached hydrogen (secondary N) is 1. The Bertz CT molecular complexity index is 1040. The van der Waals surface area contributed by atoms with Gasteiger partial charge in [0.1, 0.15) is 0 Å². The van der Waals surface area contributed by atoms with Crippen LogP contribution in [-0.4, -0.2) is 31.7 Å². The van der Waals surface area contributed by atoms with Crippen molar-refractivity contribution in [3.63, 3.8) is 0 Å². The van der Waals surface area contributed by atoms with Gasteiger partial charge in [-0.2, -0.15) is 5.10 Å². The van der Waals surface area contributed by atoms with Crippen molar-refractivity contribution < 1.29 is 14.7 Å². The number of carbonyl (C=O) groups excluding carboxylic acids is 1. The summed E-state index contributed by atoms with van der Waals surface area (Å²) in [5.41, 5.74) is 3.25. The Morgan fingerprint density at radius 1 is 1.22 bits per heavy atom. The summed E-state index contributed by atoms with van der Waals surface area (Å²) in [4.78, 5) is 28.6. The summed E-state index contributed by atoms with van der Waals surface area (Å²) in [5.74, 6) is -1.27. The molecule has 1 unspecified atom stereocenters. The molecule has 0 aliphatic rings. The number of benzene rings is 1. The molecule has 3 rings (SSSR count). The lowest BCUT2D eigenvalue weighted by molar-refractivity contribution is 0.0696. The van der Waals surface area contributed by atoms with Crippen LogP contribution in [0.5, 0.6) is 0 Å². The van der Waals surface area contributed by atoms with E-state index >= 15 is 0 Å². The Balaban J connectivity index is 1.98. The lowest BCUT2D eigenvalue weighted by atomic mass is 10.1. The highest BCUT2D eigenvalue weighted by molar-refractivity contribution is 6.12. The first-order chi connectivity index (χ1) is 12.8. The highest BCUT2D eigenvalue weighted by atomic mass is 16.4. The minimum atomic E-state index is -0.991. The van der Waals surface area contributed by atoms with Crippen LogP contribution < -0.4 is 5.32 Å². The predicted octanol–water partition coefficient (Wildman–Crippen LogP) is 3.97. The summed E-state index contributed by atoms with van der Waals surface area (Å²) in [6.07, 6.45) is 2.57. The molecular formula is C20H22N4O3. The molecule has 0 aliphatic carbocycles. The van der Waals surface area contributed by atoms with Crippen molar-refractivity contribution in [1.82, 2.24) is 14.8 Å². The van der Waals surface area contributed by atoms with Gasteiger partial charge in [-0.15, -0.1) is 0 Å². The van der Waals surface area contributed by atoms with Crippen LogP contribution in [0.25, 0.3) is 11.0 Å². The number of pyridine rings is 1. The van der Waals surface area contributed by atoms with Crippen LogP contribution in [0.15, 0.2) is 30.5 Å². The van der Waals surface area contributed by atoms with Gasteiger partial charge in [0.15, 0.2) is 5.65 Å². The molecule has 0 saturated heterocycles. The van der Waals surface area contributed by atoms with Crippen LogP contribution >= 0.6 is 0 Å². The largest absolute Gasteiger partial charge is 0.478 e. The average molecular weight is 366 g/mol. The van der Waals surface area contributed by atoms with Crippen molar-refractivity contribution in [1.29, 1.82) is 0 Å². The van der Waals surface area contributed by atoms with Crippen molar-refractivity contribution in [2.24, 2.45) is 0 Å². The maximum absolute atomic E-state index is 12.9. The third-order valence-corrected chi connectivity index (χ3v) is 4.66. The van der Waals surface area contributed by atoms with Crippen molar-refractivity contribution >= 4 is 28.6 Å². The quantitative estimate of drug-likeness (QED) is 0.712.